The van der Waals surface area contributed by atoms with E-state index >= 15 is 0 Å². The van der Waals surface area contributed by atoms with E-state index in [0.717, 1.165) is 24.2 Å². The summed E-state index contributed by atoms with van der Waals surface area (Å²) in [5.74, 6) is 2.71. The minimum absolute atomic E-state index is 0.553. The lowest BCUT2D eigenvalue weighted by Gasteiger charge is -2.32. The van der Waals surface area contributed by atoms with Gasteiger partial charge >= 0.3 is 0 Å². The number of rotatable bonds is 3. The molecule has 0 amide bonds. The van der Waals surface area contributed by atoms with E-state index < -0.39 is 0 Å². The van der Waals surface area contributed by atoms with Crippen molar-refractivity contribution in [3.8, 4) is 0 Å². The highest BCUT2D eigenvalue weighted by Crippen LogP contribution is 2.35. The summed E-state index contributed by atoms with van der Waals surface area (Å²) < 4.78 is 2.12. The maximum atomic E-state index is 4.38. The van der Waals surface area contributed by atoms with Gasteiger partial charge in [-0.25, -0.2) is 9.67 Å². The quantitative estimate of drug-likeness (QED) is 0.850. The van der Waals surface area contributed by atoms with Gasteiger partial charge in [-0.2, -0.15) is 5.10 Å². The highest BCUT2D eigenvalue weighted by molar-refractivity contribution is 4.89. The molecule has 1 saturated carbocycles. The third-order valence-electron chi connectivity index (χ3n) is 3.90. The van der Waals surface area contributed by atoms with Crippen LogP contribution in [0.25, 0.3) is 0 Å². The lowest BCUT2D eigenvalue weighted by molar-refractivity contribution is 0.197. The number of hydrogen-bond donors (Lipinski definition) is 1. The van der Waals surface area contributed by atoms with E-state index in [0.29, 0.717) is 6.04 Å². The molecule has 1 aromatic heterocycles. The highest BCUT2D eigenvalue weighted by Gasteiger charge is 2.27. The lowest BCUT2D eigenvalue weighted by Crippen LogP contribution is -2.26. The third kappa shape index (κ3) is 2.26. The molecule has 3 atom stereocenters. The fourth-order valence-corrected chi connectivity index (χ4v) is 2.60. The van der Waals surface area contributed by atoms with Gasteiger partial charge in [-0.15, -0.1) is 0 Å². The van der Waals surface area contributed by atoms with Gasteiger partial charge in [-0.3, -0.25) is 0 Å². The third-order valence-corrected chi connectivity index (χ3v) is 3.90. The first kappa shape index (κ1) is 11.6. The molecule has 1 aliphatic carbocycles. The van der Waals surface area contributed by atoms with E-state index in [1.54, 1.807) is 6.33 Å². The molecule has 4 nitrogen and oxygen atoms in total. The predicted octanol–water partition coefficient (Wildman–Crippen LogP) is 1.99. The zero-order valence-corrected chi connectivity index (χ0v) is 10.5. The van der Waals surface area contributed by atoms with Crippen LogP contribution in [0.5, 0.6) is 0 Å². The minimum atomic E-state index is 0.553. The van der Waals surface area contributed by atoms with E-state index in [9.17, 15) is 0 Å². The molecule has 90 valence electrons. The molecule has 1 fully saturated rings. The van der Waals surface area contributed by atoms with Crippen LogP contribution in [0.4, 0.5) is 0 Å². The van der Waals surface area contributed by atoms with Crippen molar-refractivity contribution < 1.29 is 0 Å². The Morgan fingerprint density at radius 3 is 2.88 bits per heavy atom. The summed E-state index contributed by atoms with van der Waals surface area (Å²) in [6.45, 7) is 5.52. The summed E-state index contributed by atoms with van der Waals surface area (Å²) in [7, 11) is 1.95. The van der Waals surface area contributed by atoms with Crippen LogP contribution in [0.2, 0.25) is 0 Å². The monoisotopic (exact) mass is 222 g/mol. The Morgan fingerprint density at radius 2 is 2.19 bits per heavy atom. The number of nitrogens with one attached hydrogen (secondary N) is 1. The first-order chi connectivity index (χ1) is 7.72. The van der Waals surface area contributed by atoms with Crippen molar-refractivity contribution in [3.05, 3.63) is 12.2 Å². The molecule has 0 bridgehead atoms. The Balaban J connectivity index is 2.09. The summed E-state index contributed by atoms with van der Waals surface area (Å²) in [4.78, 5) is 4.31. The van der Waals surface area contributed by atoms with Gasteiger partial charge in [0.05, 0.1) is 12.6 Å². The Bertz CT molecular complexity index is 334. The van der Waals surface area contributed by atoms with Gasteiger partial charge in [0.1, 0.15) is 12.2 Å². The Hall–Kier alpha value is -0.900. The first-order valence-corrected chi connectivity index (χ1v) is 6.25. The summed E-state index contributed by atoms with van der Waals surface area (Å²) >= 11 is 0. The van der Waals surface area contributed by atoms with Crippen molar-refractivity contribution in [1.29, 1.82) is 0 Å². The topological polar surface area (TPSA) is 42.7 Å². The first-order valence-electron chi connectivity index (χ1n) is 6.25. The maximum Gasteiger partial charge on any atom is 0.141 e. The van der Waals surface area contributed by atoms with E-state index in [1.807, 2.05) is 7.05 Å². The van der Waals surface area contributed by atoms with Crippen LogP contribution in [0.15, 0.2) is 6.33 Å². The smallest absolute Gasteiger partial charge is 0.141 e. The van der Waals surface area contributed by atoms with Gasteiger partial charge in [0.2, 0.25) is 0 Å². The average molecular weight is 222 g/mol. The van der Waals surface area contributed by atoms with Gasteiger partial charge in [0.15, 0.2) is 0 Å². The van der Waals surface area contributed by atoms with Crippen LogP contribution in [0, 0.1) is 11.8 Å². The van der Waals surface area contributed by atoms with Crippen molar-refractivity contribution in [1.82, 2.24) is 20.1 Å². The van der Waals surface area contributed by atoms with E-state index in [1.165, 1.54) is 19.3 Å². The second-order valence-electron chi connectivity index (χ2n) is 5.07. The van der Waals surface area contributed by atoms with Crippen molar-refractivity contribution in [2.24, 2.45) is 11.8 Å². The molecular weight excluding hydrogens is 200 g/mol. The summed E-state index contributed by atoms with van der Waals surface area (Å²) in [6, 6.07) is 0.553. The SMILES string of the molecule is CNCc1ncnn1C1CCC(C)C(C)C1. The molecule has 0 saturated heterocycles. The molecule has 1 heterocycles. The summed E-state index contributed by atoms with van der Waals surface area (Å²) in [5.41, 5.74) is 0. The molecule has 3 unspecified atom stereocenters. The average Bonchev–Trinajstić information content (AvgIpc) is 2.71. The van der Waals surface area contributed by atoms with Crippen molar-refractivity contribution in [3.63, 3.8) is 0 Å². The maximum absolute atomic E-state index is 4.38. The Labute approximate surface area is 97.5 Å². The second kappa shape index (κ2) is 4.95. The Morgan fingerprint density at radius 1 is 1.38 bits per heavy atom. The predicted molar refractivity (Wildman–Crippen MR) is 64.0 cm³/mol. The lowest BCUT2D eigenvalue weighted by atomic mass is 9.79. The van der Waals surface area contributed by atoms with Gasteiger partial charge in [0, 0.05) is 0 Å². The van der Waals surface area contributed by atoms with Gasteiger partial charge in [-0.1, -0.05) is 13.8 Å². The molecular formula is C12H22N4. The van der Waals surface area contributed by atoms with Gasteiger partial charge in [0.25, 0.3) is 0 Å². The minimum Gasteiger partial charge on any atom is -0.313 e. The molecule has 0 spiro atoms. The van der Waals surface area contributed by atoms with Crippen molar-refractivity contribution in [2.75, 3.05) is 7.05 Å². The normalized spacial score (nSPS) is 30.6. The molecule has 1 aliphatic rings. The summed E-state index contributed by atoms with van der Waals surface area (Å²) in [6.07, 6.45) is 5.47. The second-order valence-corrected chi connectivity index (χ2v) is 5.07. The molecule has 0 aromatic carbocycles. The molecule has 2 rings (SSSR count). The van der Waals surface area contributed by atoms with Crippen molar-refractivity contribution >= 4 is 0 Å². The number of nitrogens with zero attached hydrogens (tertiary/aromatic N) is 3. The number of hydrogen-bond acceptors (Lipinski definition) is 3. The van der Waals surface area contributed by atoms with Crippen LogP contribution in [-0.2, 0) is 6.54 Å². The largest absolute Gasteiger partial charge is 0.313 e. The van der Waals surface area contributed by atoms with Gasteiger partial charge < -0.3 is 5.32 Å². The van der Waals surface area contributed by atoms with Gasteiger partial charge in [-0.05, 0) is 38.1 Å². The zero-order valence-electron chi connectivity index (χ0n) is 10.5. The standard InChI is InChI=1S/C12H22N4/c1-9-4-5-11(6-10(9)2)16-12(7-13-3)14-8-15-16/h8-11,13H,4-7H2,1-3H3. The fraction of sp³-hybridized carbons (Fsp3) is 0.833. The van der Waals surface area contributed by atoms with Crippen molar-refractivity contribution in [2.45, 2.75) is 45.7 Å². The van der Waals surface area contributed by atoms with Crippen LogP contribution in [0.1, 0.15) is 45.0 Å². The molecule has 1 N–H and O–H groups in total. The van der Waals surface area contributed by atoms with Crippen LogP contribution < -0.4 is 5.32 Å². The fourth-order valence-electron chi connectivity index (χ4n) is 2.60. The molecule has 0 aliphatic heterocycles. The molecule has 4 heteroatoms. The Kier molecular flexibility index (Phi) is 3.59. The highest BCUT2D eigenvalue weighted by atomic mass is 15.4. The number of aromatic nitrogens is 3. The van der Waals surface area contributed by atoms with Crippen LogP contribution in [-0.4, -0.2) is 21.8 Å². The van der Waals surface area contributed by atoms with Crippen LogP contribution >= 0.6 is 0 Å². The summed E-state index contributed by atoms with van der Waals surface area (Å²) in [5, 5.41) is 7.53. The van der Waals surface area contributed by atoms with E-state index in [2.05, 4.69) is 33.9 Å². The molecule has 1 aromatic rings. The van der Waals surface area contributed by atoms with Crippen LogP contribution in [0.3, 0.4) is 0 Å². The molecule has 0 radical (unpaired) electrons. The van der Waals surface area contributed by atoms with E-state index in [-0.39, 0.29) is 0 Å². The zero-order chi connectivity index (χ0) is 11.5. The molecule has 16 heavy (non-hydrogen) atoms. The van der Waals surface area contributed by atoms with E-state index in [4.69, 9.17) is 0 Å².